The van der Waals surface area contributed by atoms with Gasteiger partial charge in [-0.25, -0.2) is 8.42 Å². The number of carbonyl (C=O) groups excluding carboxylic acids is 1. The number of rotatable bonds is 5. The summed E-state index contributed by atoms with van der Waals surface area (Å²) in [7, 11) is -3.79. The van der Waals surface area contributed by atoms with Gasteiger partial charge in [-0.3, -0.25) is 4.79 Å². The van der Waals surface area contributed by atoms with E-state index in [0.717, 1.165) is 5.56 Å². The van der Waals surface area contributed by atoms with Crippen molar-refractivity contribution < 1.29 is 18.3 Å². The van der Waals surface area contributed by atoms with Crippen molar-refractivity contribution in [3.8, 4) is 0 Å². The molecule has 2 atom stereocenters. The lowest BCUT2D eigenvalue weighted by atomic mass is 9.73. The number of benzene rings is 3. The Bertz CT molecular complexity index is 1160. The van der Waals surface area contributed by atoms with Crippen molar-refractivity contribution in [2.75, 3.05) is 13.1 Å². The van der Waals surface area contributed by atoms with Crippen LogP contribution < -0.4 is 0 Å². The first-order valence-corrected chi connectivity index (χ1v) is 11.7. The van der Waals surface area contributed by atoms with Gasteiger partial charge in [-0.2, -0.15) is 4.31 Å². The van der Waals surface area contributed by atoms with Crippen molar-refractivity contribution in [1.82, 2.24) is 4.31 Å². The summed E-state index contributed by atoms with van der Waals surface area (Å²) in [4.78, 5) is 13.6. The van der Waals surface area contributed by atoms with Crippen LogP contribution in [0.5, 0.6) is 0 Å². The number of sulfonamides is 1. The first kappa shape index (κ1) is 21.4. The Morgan fingerprint density at radius 3 is 2.13 bits per heavy atom. The maximum absolute atomic E-state index is 13.5. The Morgan fingerprint density at radius 1 is 0.935 bits per heavy atom. The van der Waals surface area contributed by atoms with Crippen molar-refractivity contribution in [3.05, 3.63) is 102 Å². The smallest absolute Gasteiger partial charge is 0.243 e. The Hall–Kier alpha value is -2.80. The molecule has 5 nitrogen and oxygen atoms in total. The van der Waals surface area contributed by atoms with Crippen LogP contribution in [0.15, 0.2) is 89.8 Å². The Morgan fingerprint density at radius 2 is 1.52 bits per heavy atom. The summed E-state index contributed by atoms with van der Waals surface area (Å²) in [6, 6.07) is 24.4. The highest BCUT2D eigenvalue weighted by Gasteiger charge is 2.49. The second-order valence-corrected chi connectivity index (χ2v) is 9.94. The second kappa shape index (κ2) is 8.38. The van der Waals surface area contributed by atoms with Crippen LogP contribution in [0.25, 0.3) is 0 Å². The molecular formula is C25H25NO4S. The molecule has 1 aliphatic heterocycles. The molecule has 160 valence electrons. The van der Waals surface area contributed by atoms with Crippen molar-refractivity contribution in [3.63, 3.8) is 0 Å². The van der Waals surface area contributed by atoms with Crippen molar-refractivity contribution in [2.24, 2.45) is 5.92 Å². The number of aryl methyl sites for hydroxylation is 1. The van der Waals surface area contributed by atoms with Crippen LogP contribution in [0.2, 0.25) is 0 Å². The molecule has 0 spiro atoms. The molecule has 0 aromatic heterocycles. The van der Waals surface area contributed by atoms with E-state index in [2.05, 4.69) is 0 Å². The lowest BCUT2D eigenvalue weighted by Gasteiger charge is -2.43. The van der Waals surface area contributed by atoms with Gasteiger partial charge in [-0.15, -0.1) is 0 Å². The third kappa shape index (κ3) is 4.06. The minimum absolute atomic E-state index is 0.0880. The van der Waals surface area contributed by atoms with E-state index in [-0.39, 0.29) is 30.2 Å². The molecule has 1 aliphatic rings. The number of nitrogens with zero attached hydrogens (tertiary/aromatic N) is 1. The maximum atomic E-state index is 13.5. The minimum Gasteiger partial charge on any atom is -0.384 e. The average Bonchev–Trinajstić information content (AvgIpc) is 2.80. The quantitative estimate of drug-likeness (QED) is 0.619. The van der Waals surface area contributed by atoms with Gasteiger partial charge in [0.25, 0.3) is 0 Å². The monoisotopic (exact) mass is 435 g/mol. The van der Waals surface area contributed by atoms with Gasteiger partial charge in [-0.05, 0) is 31.0 Å². The summed E-state index contributed by atoms with van der Waals surface area (Å²) >= 11 is 0. The SMILES string of the molecule is Cc1ccc(S(=O)(=O)N2CC[C@@](O)(c3ccccc3)C(C(=O)c3ccccc3)C2)cc1. The van der Waals surface area contributed by atoms with Gasteiger partial charge in [0.1, 0.15) is 5.60 Å². The van der Waals surface area contributed by atoms with Crippen LogP contribution in [-0.4, -0.2) is 36.7 Å². The predicted molar refractivity (Wildman–Crippen MR) is 119 cm³/mol. The number of hydrogen-bond acceptors (Lipinski definition) is 4. The average molecular weight is 436 g/mol. The van der Waals surface area contributed by atoms with Crippen molar-refractivity contribution >= 4 is 15.8 Å². The van der Waals surface area contributed by atoms with E-state index >= 15 is 0 Å². The zero-order valence-corrected chi connectivity index (χ0v) is 18.1. The van der Waals surface area contributed by atoms with E-state index in [1.165, 1.54) is 4.31 Å². The van der Waals surface area contributed by atoms with Gasteiger partial charge in [0, 0.05) is 18.7 Å². The molecule has 1 unspecified atom stereocenters. The molecule has 0 aliphatic carbocycles. The fourth-order valence-electron chi connectivity index (χ4n) is 4.17. The number of ketones is 1. The van der Waals surface area contributed by atoms with Gasteiger partial charge in [-0.1, -0.05) is 78.4 Å². The van der Waals surface area contributed by atoms with Gasteiger partial charge < -0.3 is 5.11 Å². The largest absolute Gasteiger partial charge is 0.384 e. The topological polar surface area (TPSA) is 74.7 Å². The minimum atomic E-state index is -3.79. The zero-order valence-electron chi connectivity index (χ0n) is 17.3. The fraction of sp³-hybridized carbons (Fsp3) is 0.240. The normalized spacial score (nSPS) is 22.2. The number of aliphatic hydroxyl groups is 1. The predicted octanol–water partition coefficient (Wildman–Crippen LogP) is 3.78. The highest BCUT2D eigenvalue weighted by atomic mass is 32.2. The van der Waals surface area contributed by atoms with Crippen LogP contribution in [-0.2, 0) is 15.6 Å². The van der Waals surface area contributed by atoms with E-state index in [1.54, 1.807) is 60.7 Å². The van der Waals surface area contributed by atoms with Gasteiger partial charge in [0.15, 0.2) is 5.78 Å². The number of Topliss-reactive ketones (excluding diaryl/α,β-unsaturated/α-hetero) is 1. The first-order chi connectivity index (χ1) is 14.8. The van der Waals surface area contributed by atoms with Crippen LogP contribution >= 0.6 is 0 Å². The fourth-order valence-corrected chi connectivity index (χ4v) is 5.62. The zero-order chi connectivity index (χ0) is 22.1. The van der Waals surface area contributed by atoms with E-state index in [4.69, 9.17) is 0 Å². The molecule has 6 heteroatoms. The van der Waals surface area contributed by atoms with Gasteiger partial charge in [0.2, 0.25) is 10.0 Å². The van der Waals surface area contributed by atoms with E-state index in [9.17, 15) is 18.3 Å². The number of piperidine rings is 1. The van der Waals surface area contributed by atoms with Gasteiger partial charge >= 0.3 is 0 Å². The summed E-state index contributed by atoms with van der Waals surface area (Å²) in [6.45, 7) is 1.93. The molecule has 4 rings (SSSR count). The van der Waals surface area contributed by atoms with Gasteiger partial charge in [0.05, 0.1) is 10.8 Å². The third-order valence-electron chi connectivity index (χ3n) is 6.01. The summed E-state index contributed by atoms with van der Waals surface area (Å²) in [5.41, 5.74) is 0.592. The standard InChI is InChI=1S/C25H25NO4S/c1-19-12-14-22(15-13-19)31(29,30)26-17-16-25(28,21-10-6-3-7-11-21)23(18-26)24(27)20-8-4-2-5-9-20/h2-15,23,28H,16-18H2,1H3/t23?,25-/m1/s1. The van der Waals surface area contributed by atoms with E-state index in [0.29, 0.717) is 11.1 Å². The molecule has 0 amide bonds. The highest BCUT2D eigenvalue weighted by Crippen LogP contribution is 2.40. The van der Waals surface area contributed by atoms with Crippen LogP contribution in [0.3, 0.4) is 0 Å². The molecule has 3 aromatic carbocycles. The molecule has 0 radical (unpaired) electrons. The Kier molecular flexibility index (Phi) is 5.79. The van der Waals surface area contributed by atoms with Crippen LogP contribution in [0, 0.1) is 12.8 Å². The molecule has 1 fully saturated rings. The number of carbonyl (C=O) groups is 1. The van der Waals surface area contributed by atoms with E-state index < -0.39 is 21.5 Å². The molecule has 1 saturated heterocycles. The molecule has 1 heterocycles. The van der Waals surface area contributed by atoms with Crippen molar-refractivity contribution in [1.29, 1.82) is 0 Å². The Balaban J connectivity index is 1.73. The first-order valence-electron chi connectivity index (χ1n) is 10.3. The third-order valence-corrected chi connectivity index (χ3v) is 7.89. The second-order valence-electron chi connectivity index (χ2n) is 8.00. The lowest BCUT2D eigenvalue weighted by Crippen LogP contribution is -2.54. The molecule has 0 saturated carbocycles. The lowest BCUT2D eigenvalue weighted by molar-refractivity contribution is -0.0496. The molecule has 0 bridgehead atoms. The van der Waals surface area contributed by atoms with Crippen LogP contribution in [0.1, 0.15) is 27.9 Å². The maximum Gasteiger partial charge on any atom is 0.243 e. The molecular weight excluding hydrogens is 410 g/mol. The summed E-state index contributed by atoms with van der Waals surface area (Å²) < 4.78 is 27.9. The van der Waals surface area contributed by atoms with Crippen molar-refractivity contribution in [2.45, 2.75) is 23.8 Å². The van der Waals surface area contributed by atoms with E-state index in [1.807, 2.05) is 31.2 Å². The summed E-state index contributed by atoms with van der Waals surface area (Å²) in [6.07, 6.45) is 0.130. The summed E-state index contributed by atoms with van der Waals surface area (Å²) in [5.74, 6) is -1.19. The molecule has 3 aromatic rings. The highest BCUT2D eigenvalue weighted by molar-refractivity contribution is 7.89. The molecule has 1 N–H and O–H groups in total. The summed E-state index contributed by atoms with van der Waals surface area (Å²) in [5, 5.41) is 11.7. The number of hydrogen-bond donors (Lipinski definition) is 1. The Labute approximate surface area is 183 Å². The molecule has 31 heavy (non-hydrogen) atoms. The van der Waals surface area contributed by atoms with Crippen LogP contribution in [0.4, 0.5) is 0 Å².